The van der Waals surface area contributed by atoms with E-state index in [-0.39, 0.29) is 0 Å². The molecule has 13 heavy (non-hydrogen) atoms. The van der Waals surface area contributed by atoms with E-state index in [1.54, 1.807) is 6.08 Å². The summed E-state index contributed by atoms with van der Waals surface area (Å²) >= 11 is 0. The Kier molecular flexibility index (Phi) is 7.51. The number of allylic oxidation sites excluding steroid dienone is 3. The lowest BCUT2D eigenvalue weighted by molar-refractivity contribution is 1.67. The first kappa shape index (κ1) is 11.4. The third-order valence-corrected chi connectivity index (χ3v) is 1.36. The van der Waals surface area contributed by atoms with Gasteiger partial charge in [0.1, 0.15) is 0 Å². The molecule has 0 aromatic heterocycles. The molecule has 1 rings (SSSR count). The first-order valence-corrected chi connectivity index (χ1v) is 4.26. The summed E-state index contributed by atoms with van der Waals surface area (Å²) in [6.07, 6.45) is 7.41. The minimum Gasteiger partial charge on any atom is -0.0991 e. The molecule has 1 aromatic rings. The molecule has 0 N–H and O–H groups in total. The number of benzene rings is 1. The molecule has 0 bridgehead atoms. The van der Waals surface area contributed by atoms with Crippen LogP contribution in [0.15, 0.2) is 61.7 Å². The fourth-order valence-corrected chi connectivity index (χ4v) is 0.725. The van der Waals surface area contributed by atoms with Crippen LogP contribution >= 0.6 is 0 Å². The summed E-state index contributed by atoms with van der Waals surface area (Å²) in [5.41, 5.74) is 1.17. The van der Waals surface area contributed by atoms with Crippen LogP contribution in [-0.4, -0.2) is 0 Å². The summed E-state index contributed by atoms with van der Waals surface area (Å²) in [6.45, 7) is 9.05. The van der Waals surface area contributed by atoms with Crippen LogP contribution in [-0.2, 0) is 0 Å². The minimum absolute atomic E-state index is 1.17. The highest BCUT2D eigenvalue weighted by Crippen LogP contribution is 1.97. The Morgan fingerprint density at radius 2 is 1.69 bits per heavy atom. The molecule has 0 aliphatic rings. The van der Waals surface area contributed by atoms with E-state index in [1.807, 2.05) is 55.5 Å². The fourth-order valence-electron chi connectivity index (χ4n) is 0.725. The van der Waals surface area contributed by atoms with E-state index < -0.39 is 0 Å². The van der Waals surface area contributed by atoms with E-state index >= 15 is 0 Å². The van der Waals surface area contributed by atoms with Crippen LogP contribution < -0.4 is 0 Å². The summed E-state index contributed by atoms with van der Waals surface area (Å²) in [5, 5.41) is 0. The van der Waals surface area contributed by atoms with Crippen molar-refractivity contribution in [1.82, 2.24) is 0 Å². The van der Waals surface area contributed by atoms with Crippen molar-refractivity contribution in [2.24, 2.45) is 0 Å². The lowest BCUT2D eigenvalue weighted by Gasteiger charge is -1.85. The van der Waals surface area contributed by atoms with Crippen LogP contribution in [0.1, 0.15) is 12.5 Å². The van der Waals surface area contributed by atoms with Crippen molar-refractivity contribution in [3.05, 3.63) is 67.3 Å². The number of hydrogen-bond acceptors (Lipinski definition) is 0. The van der Waals surface area contributed by atoms with E-state index in [9.17, 15) is 0 Å². The quantitative estimate of drug-likeness (QED) is 0.590. The maximum Gasteiger partial charge on any atom is -0.0263 e. The van der Waals surface area contributed by atoms with Gasteiger partial charge in [0.05, 0.1) is 0 Å². The molecule has 0 spiro atoms. The SMILES string of the molecule is C=CC=CC.C=Cc1ccccc1. The molecule has 0 aliphatic carbocycles. The predicted octanol–water partition coefficient (Wildman–Crippen LogP) is 4.08. The second-order valence-electron chi connectivity index (χ2n) is 2.38. The van der Waals surface area contributed by atoms with Gasteiger partial charge in [-0.15, -0.1) is 0 Å². The molecule has 1 aromatic carbocycles. The second-order valence-corrected chi connectivity index (χ2v) is 2.38. The molecule has 0 atom stereocenters. The maximum atomic E-state index is 3.63. The minimum atomic E-state index is 1.17. The van der Waals surface area contributed by atoms with E-state index in [0.717, 1.165) is 0 Å². The van der Waals surface area contributed by atoms with Crippen molar-refractivity contribution in [1.29, 1.82) is 0 Å². The van der Waals surface area contributed by atoms with Crippen LogP contribution in [0.5, 0.6) is 0 Å². The van der Waals surface area contributed by atoms with Gasteiger partial charge in [0.25, 0.3) is 0 Å². The molecule has 0 unspecified atom stereocenters. The van der Waals surface area contributed by atoms with Gasteiger partial charge < -0.3 is 0 Å². The molecule has 0 heterocycles. The van der Waals surface area contributed by atoms with Gasteiger partial charge in [-0.2, -0.15) is 0 Å². The van der Waals surface area contributed by atoms with Gasteiger partial charge in [0, 0.05) is 0 Å². The van der Waals surface area contributed by atoms with Gasteiger partial charge in [-0.3, -0.25) is 0 Å². The zero-order chi connectivity index (χ0) is 9.94. The highest BCUT2D eigenvalue weighted by molar-refractivity contribution is 5.45. The number of rotatable bonds is 2. The lowest BCUT2D eigenvalue weighted by Crippen LogP contribution is -1.63. The summed E-state index contributed by atoms with van der Waals surface area (Å²) in [4.78, 5) is 0. The highest BCUT2D eigenvalue weighted by Gasteiger charge is 1.75. The summed E-state index contributed by atoms with van der Waals surface area (Å²) in [6, 6.07) is 10.0. The molecule has 0 fully saturated rings. The average Bonchev–Trinajstić information content (AvgIpc) is 2.21. The van der Waals surface area contributed by atoms with Gasteiger partial charge >= 0.3 is 0 Å². The smallest absolute Gasteiger partial charge is 0.0263 e. The van der Waals surface area contributed by atoms with Gasteiger partial charge in [-0.1, -0.05) is 67.8 Å². The third kappa shape index (κ3) is 6.82. The van der Waals surface area contributed by atoms with Gasteiger partial charge in [-0.25, -0.2) is 0 Å². The highest BCUT2D eigenvalue weighted by atomic mass is 13.8. The summed E-state index contributed by atoms with van der Waals surface area (Å²) < 4.78 is 0. The van der Waals surface area contributed by atoms with E-state index in [1.165, 1.54) is 5.56 Å². The Morgan fingerprint density at radius 1 is 1.08 bits per heavy atom. The number of hydrogen-bond donors (Lipinski definition) is 0. The van der Waals surface area contributed by atoms with Crippen LogP contribution in [0.4, 0.5) is 0 Å². The van der Waals surface area contributed by atoms with Crippen LogP contribution in [0.3, 0.4) is 0 Å². The molecule has 0 saturated carbocycles. The average molecular weight is 172 g/mol. The van der Waals surface area contributed by atoms with Crippen molar-refractivity contribution in [2.75, 3.05) is 0 Å². The second kappa shape index (κ2) is 8.54. The maximum absolute atomic E-state index is 3.63. The van der Waals surface area contributed by atoms with Crippen molar-refractivity contribution in [3.8, 4) is 0 Å². The van der Waals surface area contributed by atoms with Gasteiger partial charge in [-0.05, 0) is 12.5 Å². The Morgan fingerprint density at radius 3 is 1.92 bits per heavy atom. The molecule has 0 radical (unpaired) electrons. The molecule has 0 nitrogen and oxygen atoms in total. The zero-order valence-corrected chi connectivity index (χ0v) is 8.11. The predicted molar refractivity (Wildman–Crippen MR) is 61.5 cm³/mol. The first-order valence-electron chi connectivity index (χ1n) is 4.26. The molecule has 0 saturated heterocycles. The Labute approximate surface area is 80.9 Å². The van der Waals surface area contributed by atoms with Crippen LogP contribution in [0, 0.1) is 0 Å². The largest absolute Gasteiger partial charge is 0.0991 e. The Hall–Kier alpha value is -1.56. The molecular weight excluding hydrogens is 156 g/mol. The van der Waals surface area contributed by atoms with Crippen molar-refractivity contribution in [3.63, 3.8) is 0 Å². The summed E-state index contributed by atoms with van der Waals surface area (Å²) in [7, 11) is 0. The van der Waals surface area contributed by atoms with E-state index in [0.29, 0.717) is 0 Å². The van der Waals surface area contributed by atoms with E-state index in [2.05, 4.69) is 13.2 Å². The molecule has 0 heteroatoms. The molecule has 0 aliphatic heterocycles. The molecule has 0 amide bonds. The van der Waals surface area contributed by atoms with Crippen LogP contribution in [0.2, 0.25) is 0 Å². The normalized spacial score (nSPS) is 8.69. The third-order valence-electron chi connectivity index (χ3n) is 1.36. The van der Waals surface area contributed by atoms with E-state index in [4.69, 9.17) is 0 Å². The Balaban J connectivity index is 0.000000252. The lowest BCUT2D eigenvalue weighted by atomic mass is 10.2. The van der Waals surface area contributed by atoms with Crippen LogP contribution in [0.25, 0.3) is 6.08 Å². The first-order chi connectivity index (χ1) is 6.35. The Bertz CT molecular complexity index is 255. The topological polar surface area (TPSA) is 0 Å². The monoisotopic (exact) mass is 172 g/mol. The van der Waals surface area contributed by atoms with Crippen molar-refractivity contribution >= 4 is 6.08 Å². The molecule has 68 valence electrons. The summed E-state index contributed by atoms with van der Waals surface area (Å²) in [5.74, 6) is 0. The fraction of sp³-hybridized carbons (Fsp3) is 0.0769. The van der Waals surface area contributed by atoms with Crippen molar-refractivity contribution in [2.45, 2.75) is 6.92 Å². The van der Waals surface area contributed by atoms with Gasteiger partial charge in [0.15, 0.2) is 0 Å². The van der Waals surface area contributed by atoms with Crippen molar-refractivity contribution < 1.29 is 0 Å². The zero-order valence-electron chi connectivity index (χ0n) is 8.11. The van der Waals surface area contributed by atoms with Gasteiger partial charge in [0.2, 0.25) is 0 Å². The molecular formula is C13H16. The standard InChI is InChI=1S/C8H8.C5H8/c1-2-8-6-4-3-5-7-8;1-3-5-4-2/h2-7H,1H2;3-5H,1H2,2H3.